The topological polar surface area (TPSA) is 27.7 Å². The van der Waals surface area contributed by atoms with Crippen LogP contribution in [0.5, 0.6) is 17.2 Å². The number of ether oxygens (including phenoxy) is 2. The maximum Gasteiger partial charge on any atom is 0.274 e. The van der Waals surface area contributed by atoms with Crippen LogP contribution in [0, 0.1) is 0 Å². The summed E-state index contributed by atoms with van der Waals surface area (Å²) in [6, 6.07) is 14.2. The van der Waals surface area contributed by atoms with E-state index in [1.54, 1.807) is 7.11 Å². The molecule has 0 aliphatic carbocycles. The van der Waals surface area contributed by atoms with E-state index in [9.17, 15) is 0 Å². The summed E-state index contributed by atoms with van der Waals surface area (Å²) in [5, 5.41) is 0. The number of methoxy groups -OCH3 is 1. The lowest BCUT2D eigenvalue weighted by Gasteiger charge is -2.25. The monoisotopic (exact) mass is 343 g/mol. The molecule has 0 N–H and O–H groups in total. The largest absolute Gasteiger partial charge is 0.540 e. The molecule has 3 nitrogen and oxygen atoms in total. The van der Waals surface area contributed by atoms with Gasteiger partial charge in [0.15, 0.2) is 5.75 Å². The number of rotatable bonds is 6. The molecule has 0 fully saturated rings. The standard InChI is InChI=1S/C20H27O3Si/c1-20(2,3)16-12-19(23-24(5)6)18(21-4)13-17(16)22-14-15-10-8-7-9-11-15/h7-13H,14H2,1-6H3. The summed E-state index contributed by atoms with van der Waals surface area (Å²) in [5.41, 5.74) is 2.21. The summed E-state index contributed by atoms with van der Waals surface area (Å²) in [6.45, 7) is 11.3. The molecule has 0 saturated carbocycles. The van der Waals surface area contributed by atoms with E-state index in [4.69, 9.17) is 13.9 Å². The fourth-order valence-corrected chi connectivity index (χ4v) is 3.04. The minimum Gasteiger partial charge on any atom is -0.540 e. The van der Waals surface area contributed by atoms with Crippen LogP contribution in [0.15, 0.2) is 42.5 Å². The van der Waals surface area contributed by atoms with E-state index in [-0.39, 0.29) is 5.41 Å². The molecule has 2 rings (SSSR count). The van der Waals surface area contributed by atoms with Crippen LogP contribution in [0.25, 0.3) is 0 Å². The van der Waals surface area contributed by atoms with Crippen molar-refractivity contribution in [2.24, 2.45) is 0 Å². The molecule has 0 aliphatic rings. The number of hydrogen-bond acceptors (Lipinski definition) is 3. The third-order valence-corrected chi connectivity index (χ3v) is 4.25. The van der Waals surface area contributed by atoms with Gasteiger partial charge in [-0.05, 0) is 30.1 Å². The summed E-state index contributed by atoms with van der Waals surface area (Å²) in [5.74, 6) is 2.36. The Morgan fingerprint density at radius 3 is 2.12 bits per heavy atom. The van der Waals surface area contributed by atoms with Crippen LogP contribution >= 0.6 is 0 Å². The third kappa shape index (κ3) is 4.77. The summed E-state index contributed by atoms with van der Waals surface area (Å²) in [7, 11) is 0.796. The predicted octanol–water partition coefficient (Wildman–Crippen LogP) is 5.20. The molecule has 1 radical (unpaired) electrons. The number of benzene rings is 2. The van der Waals surface area contributed by atoms with Gasteiger partial charge in [-0.2, -0.15) is 0 Å². The molecule has 0 aromatic heterocycles. The normalized spacial score (nSPS) is 11.5. The molecule has 0 spiro atoms. The highest BCUT2D eigenvalue weighted by atomic mass is 28.3. The summed E-state index contributed by atoms with van der Waals surface area (Å²) in [6.07, 6.45) is 0. The third-order valence-electron chi connectivity index (χ3n) is 3.63. The van der Waals surface area contributed by atoms with E-state index < -0.39 is 9.04 Å². The second-order valence-electron chi connectivity index (χ2n) is 7.03. The van der Waals surface area contributed by atoms with Crippen molar-refractivity contribution in [3.63, 3.8) is 0 Å². The molecule has 24 heavy (non-hydrogen) atoms. The number of hydrogen-bond donors (Lipinski definition) is 0. The first-order valence-corrected chi connectivity index (χ1v) is 10.6. The average molecular weight is 344 g/mol. The van der Waals surface area contributed by atoms with Crippen molar-refractivity contribution >= 4 is 9.04 Å². The van der Waals surface area contributed by atoms with Gasteiger partial charge in [-0.25, -0.2) is 0 Å². The van der Waals surface area contributed by atoms with Gasteiger partial charge >= 0.3 is 0 Å². The second kappa shape index (κ2) is 7.75. The lowest BCUT2D eigenvalue weighted by molar-refractivity contribution is 0.293. The zero-order valence-electron chi connectivity index (χ0n) is 15.5. The molecule has 0 aliphatic heterocycles. The smallest absolute Gasteiger partial charge is 0.274 e. The molecule has 0 unspecified atom stereocenters. The van der Waals surface area contributed by atoms with E-state index in [1.165, 1.54) is 0 Å². The molecule has 4 heteroatoms. The van der Waals surface area contributed by atoms with E-state index in [2.05, 4.69) is 52.1 Å². The van der Waals surface area contributed by atoms with Crippen LogP contribution in [-0.2, 0) is 12.0 Å². The Morgan fingerprint density at radius 1 is 0.917 bits per heavy atom. The highest BCUT2D eigenvalue weighted by molar-refractivity contribution is 6.49. The summed E-state index contributed by atoms with van der Waals surface area (Å²) < 4.78 is 17.7. The van der Waals surface area contributed by atoms with Crippen LogP contribution in [0.4, 0.5) is 0 Å². The minimum absolute atomic E-state index is 0.0508. The predicted molar refractivity (Wildman–Crippen MR) is 101 cm³/mol. The van der Waals surface area contributed by atoms with Crippen molar-refractivity contribution in [2.75, 3.05) is 7.11 Å². The van der Waals surface area contributed by atoms with Gasteiger partial charge < -0.3 is 13.9 Å². The van der Waals surface area contributed by atoms with E-state index in [0.29, 0.717) is 6.61 Å². The molecule has 2 aromatic rings. The molecule has 0 heterocycles. The maximum absolute atomic E-state index is 6.12. The maximum atomic E-state index is 6.12. The van der Waals surface area contributed by atoms with Crippen molar-refractivity contribution in [3.8, 4) is 17.2 Å². The molecular formula is C20H27O3Si. The van der Waals surface area contributed by atoms with Crippen molar-refractivity contribution in [2.45, 2.75) is 45.9 Å². The van der Waals surface area contributed by atoms with Gasteiger partial charge in [-0.15, -0.1) is 0 Å². The molecule has 0 saturated heterocycles. The SMILES string of the molecule is COc1cc(OCc2ccccc2)c(C(C)(C)C)cc1O[Si](C)C. The van der Waals surface area contributed by atoms with Gasteiger partial charge in [0.25, 0.3) is 9.04 Å². The van der Waals surface area contributed by atoms with E-state index in [0.717, 1.165) is 28.4 Å². The fourth-order valence-electron chi connectivity index (χ4n) is 2.44. The Labute approximate surface area is 147 Å². The Bertz CT molecular complexity index is 661. The first-order valence-electron chi connectivity index (χ1n) is 8.18. The van der Waals surface area contributed by atoms with Gasteiger partial charge in [0.2, 0.25) is 0 Å². The van der Waals surface area contributed by atoms with E-state index >= 15 is 0 Å². The minimum atomic E-state index is -0.868. The first kappa shape index (κ1) is 18.4. The lowest BCUT2D eigenvalue weighted by Crippen LogP contribution is -2.16. The van der Waals surface area contributed by atoms with Gasteiger partial charge in [-0.3, -0.25) is 0 Å². The van der Waals surface area contributed by atoms with Crippen LogP contribution < -0.4 is 13.9 Å². The van der Waals surface area contributed by atoms with Crippen LogP contribution in [0.3, 0.4) is 0 Å². The summed E-state index contributed by atoms with van der Waals surface area (Å²) >= 11 is 0. The molecule has 0 bridgehead atoms. The Morgan fingerprint density at radius 2 is 1.58 bits per heavy atom. The van der Waals surface area contributed by atoms with Crippen molar-refractivity contribution in [3.05, 3.63) is 53.6 Å². The Balaban J connectivity index is 2.37. The quantitative estimate of drug-likeness (QED) is 0.675. The summed E-state index contributed by atoms with van der Waals surface area (Å²) in [4.78, 5) is 0. The van der Waals surface area contributed by atoms with E-state index in [1.807, 2.05) is 24.3 Å². The fraction of sp³-hybridized carbons (Fsp3) is 0.400. The van der Waals surface area contributed by atoms with Gasteiger partial charge in [0.1, 0.15) is 18.1 Å². The van der Waals surface area contributed by atoms with Crippen molar-refractivity contribution < 1.29 is 13.9 Å². The Kier molecular flexibility index (Phi) is 5.94. The van der Waals surface area contributed by atoms with Crippen LogP contribution in [0.1, 0.15) is 31.9 Å². The molecule has 0 atom stereocenters. The first-order chi connectivity index (χ1) is 11.3. The zero-order valence-corrected chi connectivity index (χ0v) is 16.5. The van der Waals surface area contributed by atoms with Crippen molar-refractivity contribution in [1.29, 1.82) is 0 Å². The highest BCUT2D eigenvalue weighted by Gasteiger charge is 2.23. The average Bonchev–Trinajstić information content (AvgIpc) is 2.52. The van der Waals surface area contributed by atoms with Crippen molar-refractivity contribution in [1.82, 2.24) is 0 Å². The van der Waals surface area contributed by atoms with Crippen LogP contribution in [0.2, 0.25) is 13.1 Å². The zero-order chi connectivity index (χ0) is 17.7. The molecule has 2 aromatic carbocycles. The van der Waals surface area contributed by atoms with Gasteiger partial charge in [0.05, 0.1) is 7.11 Å². The van der Waals surface area contributed by atoms with Gasteiger partial charge in [-0.1, -0.05) is 51.1 Å². The molecular weight excluding hydrogens is 316 g/mol. The lowest BCUT2D eigenvalue weighted by atomic mass is 9.86. The second-order valence-corrected chi connectivity index (χ2v) is 9.05. The molecule has 0 amide bonds. The highest BCUT2D eigenvalue weighted by Crippen LogP contribution is 2.41. The van der Waals surface area contributed by atoms with Gasteiger partial charge in [0, 0.05) is 11.6 Å². The Hall–Kier alpha value is -1.94. The molecule has 129 valence electrons. The van der Waals surface area contributed by atoms with Crippen LogP contribution in [-0.4, -0.2) is 16.2 Å².